The van der Waals surface area contributed by atoms with E-state index in [0.29, 0.717) is 0 Å². The molecule has 3 rings (SSSR count). The summed E-state index contributed by atoms with van der Waals surface area (Å²) in [4.78, 5) is 9.07. The lowest BCUT2D eigenvalue weighted by Crippen LogP contribution is -2.35. The highest BCUT2D eigenvalue weighted by Gasteiger charge is 2.17. The Morgan fingerprint density at radius 2 is 2.00 bits per heavy atom. The van der Waals surface area contributed by atoms with Crippen molar-refractivity contribution in [1.29, 1.82) is 0 Å². The van der Waals surface area contributed by atoms with Crippen LogP contribution in [-0.4, -0.2) is 24.5 Å². The molecule has 0 fully saturated rings. The molecule has 0 saturated heterocycles. The van der Waals surface area contributed by atoms with Crippen molar-refractivity contribution < 1.29 is 0 Å². The van der Waals surface area contributed by atoms with Crippen molar-refractivity contribution in [3.8, 4) is 5.82 Å². The molecule has 0 aliphatic rings. The molecule has 0 aliphatic heterocycles. The zero-order valence-electron chi connectivity index (χ0n) is 13.0. The van der Waals surface area contributed by atoms with Crippen molar-refractivity contribution in [2.45, 2.75) is 39.8 Å². The maximum Gasteiger partial charge on any atom is 0.161 e. The van der Waals surface area contributed by atoms with Crippen LogP contribution >= 0.6 is 0 Å². The Labute approximate surface area is 124 Å². The Bertz CT molecular complexity index is 760. The highest BCUT2D eigenvalue weighted by Crippen LogP contribution is 2.19. The molecule has 0 aromatic carbocycles. The summed E-state index contributed by atoms with van der Waals surface area (Å²) in [6, 6.07) is 6.06. The molecule has 0 aliphatic carbocycles. The number of pyridine rings is 1. The van der Waals surface area contributed by atoms with E-state index in [4.69, 9.17) is 4.98 Å². The fraction of sp³-hybridized carbons (Fsp3) is 0.375. The predicted octanol–water partition coefficient (Wildman–Crippen LogP) is 2.72. The van der Waals surface area contributed by atoms with Crippen LogP contribution in [0.4, 0.5) is 0 Å². The van der Waals surface area contributed by atoms with Crippen LogP contribution in [0.25, 0.3) is 11.5 Å². The summed E-state index contributed by atoms with van der Waals surface area (Å²) in [5, 5.41) is 3.54. The Hall–Kier alpha value is -2.14. The van der Waals surface area contributed by atoms with Crippen LogP contribution in [0.15, 0.2) is 36.8 Å². The van der Waals surface area contributed by atoms with Crippen LogP contribution in [-0.2, 0) is 6.54 Å². The van der Waals surface area contributed by atoms with E-state index < -0.39 is 0 Å². The Morgan fingerprint density at radius 1 is 1.19 bits per heavy atom. The summed E-state index contributed by atoms with van der Waals surface area (Å²) < 4.78 is 4.17. The number of hydrogen-bond donors (Lipinski definition) is 1. The number of hydrogen-bond acceptors (Lipinski definition) is 3. The largest absolute Gasteiger partial charge is 0.306 e. The van der Waals surface area contributed by atoms with Gasteiger partial charge in [0.2, 0.25) is 0 Å². The van der Waals surface area contributed by atoms with E-state index in [-0.39, 0.29) is 5.54 Å². The van der Waals surface area contributed by atoms with Gasteiger partial charge in [-0.1, -0.05) is 6.07 Å². The molecule has 3 aromatic heterocycles. The molecule has 0 amide bonds. The molecule has 1 N–H and O–H groups in total. The summed E-state index contributed by atoms with van der Waals surface area (Å²) in [5.41, 5.74) is 2.15. The summed E-state index contributed by atoms with van der Waals surface area (Å²) in [6.45, 7) is 9.24. The van der Waals surface area contributed by atoms with Crippen molar-refractivity contribution in [2.24, 2.45) is 0 Å². The maximum absolute atomic E-state index is 4.76. The van der Waals surface area contributed by atoms with Gasteiger partial charge in [-0.15, -0.1) is 0 Å². The first-order valence-corrected chi connectivity index (χ1v) is 7.17. The molecule has 21 heavy (non-hydrogen) atoms. The van der Waals surface area contributed by atoms with Gasteiger partial charge in [0.1, 0.15) is 11.5 Å². The highest BCUT2D eigenvalue weighted by atomic mass is 15.2. The lowest BCUT2D eigenvalue weighted by molar-refractivity contribution is 0.420. The molecular weight excluding hydrogens is 262 g/mol. The molecule has 0 saturated carbocycles. The molecule has 5 heteroatoms. The van der Waals surface area contributed by atoms with E-state index in [1.807, 2.05) is 35.9 Å². The van der Waals surface area contributed by atoms with Gasteiger partial charge in [-0.2, -0.15) is 0 Å². The molecule has 0 unspecified atom stereocenters. The van der Waals surface area contributed by atoms with E-state index in [1.54, 1.807) is 6.20 Å². The van der Waals surface area contributed by atoms with E-state index in [1.165, 1.54) is 0 Å². The average Bonchev–Trinajstić information content (AvgIpc) is 2.98. The van der Waals surface area contributed by atoms with Gasteiger partial charge < -0.3 is 9.72 Å². The Morgan fingerprint density at radius 3 is 2.67 bits per heavy atom. The summed E-state index contributed by atoms with van der Waals surface area (Å²) in [6.07, 6.45) is 5.82. The van der Waals surface area contributed by atoms with Crippen molar-refractivity contribution in [2.75, 3.05) is 0 Å². The van der Waals surface area contributed by atoms with Crippen LogP contribution < -0.4 is 5.32 Å². The van der Waals surface area contributed by atoms with Crippen LogP contribution in [0, 0.1) is 6.92 Å². The van der Waals surface area contributed by atoms with Gasteiger partial charge in [0.25, 0.3) is 0 Å². The van der Waals surface area contributed by atoms with Gasteiger partial charge in [0.05, 0.1) is 5.69 Å². The minimum absolute atomic E-state index is 0.0557. The monoisotopic (exact) mass is 283 g/mol. The summed E-state index contributed by atoms with van der Waals surface area (Å²) >= 11 is 0. The molecular formula is C16H21N5. The van der Waals surface area contributed by atoms with Gasteiger partial charge in [0, 0.05) is 30.7 Å². The first-order chi connectivity index (χ1) is 9.96. The number of imidazole rings is 2. The second-order valence-corrected chi connectivity index (χ2v) is 6.26. The van der Waals surface area contributed by atoms with Crippen molar-refractivity contribution >= 4 is 5.65 Å². The first kappa shape index (κ1) is 13.8. The number of nitrogens with one attached hydrogen (secondary N) is 1. The maximum atomic E-state index is 4.76. The second-order valence-electron chi connectivity index (χ2n) is 6.26. The molecule has 0 spiro atoms. The summed E-state index contributed by atoms with van der Waals surface area (Å²) in [7, 11) is 0. The SMILES string of the molecule is Cc1nccn1-c1nc2ccccn2c1CNC(C)(C)C. The van der Waals surface area contributed by atoms with E-state index >= 15 is 0 Å². The van der Waals surface area contributed by atoms with E-state index in [2.05, 4.69) is 41.7 Å². The fourth-order valence-electron chi connectivity index (χ4n) is 2.34. The molecule has 3 heterocycles. The minimum Gasteiger partial charge on any atom is -0.306 e. The topological polar surface area (TPSA) is 47.2 Å². The second kappa shape index (κ2) is 5.00. The van der Waals surface area contributed by atoms with Crippen molar-refractivity contribution in [1.82, 2.24) is 24.3 Å². The third-order valence-electron chi connectivity index (χ3n) is 3.45. The minimum atomic E-state index is 0.0557. The molecule has 0 radical (unpaired) electrons. The van der Waals surface area contributed by atoms with Crippen LogP contribution in [0.1, 0.15) is 32.3 Å². The molecule has 5 nitrogen and oxygen atoms in total. The predicted molar refractivity (Wildman–Crippen MR) is 83.6 cm³/mol. The number of aryl methyl sites for hydroxylation is 1. The zero-order chi connectivity index (χ0) is 15.0. The van der Waals surface area contributed by atoms with Gasteiger partial charge >= 0.3 is 0 Å². The quantitative estimate of drug-likeness (QED) is 0.804. The van der Waals surface area contributed by atoms with Crippen LogP contribution in [0.2, 0.25) is 0 Å². The van der Waals surface area contributed by atoms with Gasteiger partial charge in [-0.3, -0.25) is 4.57 Å². The number of fused-ring (bicyclic) bond motifs is 1. The zero-order valence-corrected chi connectivity index (χ0v) is 13.0. The van der Waals surface area contributed by atoms with Gasteiger partial charge in [-0.25, -0.2) is 9.97 Å². The Kier molecular flexibility index (Phi) is 3.29. The standard InChI is InChI=1S/C16H21N5/c1-12-17-8-10-20(12)15-13(11-18-16(2,3)4)21-9-6-5-7-14(21)19-15/h5-10,18H,11H2,1-4H3. The van der Waals surface area contributed by atoms with Crippen LogP contribution in [0.3, 0.4) is 0 Å². The number of aromatic nitrogens is 4. The molecule has 3 aromatic rings. The molecule has 0 atom stereocenters. The van der Waals surface area contributed by atoms with Crippen LogP contribution in [0.5, 0.6) is 0 Å². The smallest absolute Gasteiger partial charge is 0.161 e. The van der Waals surface area contributed by atoms with Crippen molar-refractivity contribution in [3.63, 3.8) is 0 Å². The lowest BCUT2D eigenvalue weighted by atomic mass is 10.1. The van der Waals surface area contributed by atoms with Gasteiger partial charge in [0.15, 0.2) is 5.82 Å². The Balaban J connectivity index is 2.12. The lowest BCUT2D eigenvalue weighted by Gasteiger charge is -2.21. The fourth-order valence-corrected chi connectivity index (χ4v) is 2.34. The van der Waals surface area contributed by atoms with Crippen molar-refractivity contribution in [3.05, 3.63) is 48.3 Å². The average molecular weight is 283 g/mol. The molecule has 110 valence electrons. The third-order valence-corrected chi connectivity index (χ3v) is 3.45. The van der Waals surface area contributed by atoms with Gasteiger partial charge in [-0.05, 0) is 39.8 Å². The highest BCUT2D eigenvalue weighted by molar-refractivity contribution is 5.49. The molecule has 0 bridgehead atoms. The number of nitrogens with zero attached hydrogens (tertiary/aromatic N) is 4. The third kappa shape index (κ3) is 2.69. The first-order valence-electron chi connectivity index (χ1n) is 7.17. The van der Waals surface area contributed by atoms with E-state index in [9.17, 15) is 0 Å². The summed E-state index contributed by atoms with van der Waals surface area (Å²) in [5.74, 6) is 1.88. The number of rotatable bonds is 3. The van der Waals surface area contributed by atoms with E-state index in [0.717, 1.165) is 29.5 Å². The normalized spacial score (nSPS) is 12.2.